The first-order chi connectivity index (χ1) is 11.1. The number of nitrogens with one attached hydrogen (secondary N) is 2. The molecule has 0 aromatic heterocycles. The fraction of sp³-hybridized carbons (Fsp3) is 0.889. The van der Waals surface area contributed by atoms with Crippen LogP contribution < -0.4 is 10.6 Å². The van der Waals surface area contributed by atoms with Gasteiger partial charge < -0.3 is 20.5 Å². The third kappa shape index (κ3) is 8.11. The number of carbonyl (C=O) groups excluding carboxylic acids is 2. The van der Waals surface area contributed by atoms with Crippen LogP contribution in [0, 0.1) is 17.8 Å². The van der Waals surface area contributed by atoms with Gasteiger partial charge in [0.15, 0.2) is 0 Å². The Bertz CT molecular complexity index is 418. The summed E-state index contributed by atoms with van der Waals surface area (Å²) in [5.41, 5.74) is -0.515. The Labute approximate surface area is 145 Å². The molecule has 0 spiro atoms. The van der Waals surface area contributed by atoms with Gasteiger partial charge >= 0.3 is 5.97 Å². The van der Waals surface area contributed by atoms with E-state index in [4.69, 9.17) is 4.74 Å². The number of amides is 1. The van der Waals surface area contributed by atoms with Crippen molar-refractivity contribution >= 4 is 11.9 Å². The normalized spacial score (nSPS) is 20.8. The Balaban J connectivity index is 2.46. The maximum Gasteiger partial charge on any atom is 0.306 e. The number of aliphatic hydroxyl groups excluding tert-OH is 1. The maximum atomic E-state index is 12.1. The van der Waals surface area contributed by atoms with Gasteiger partial charge in [-0.3, -0.25) is 9.59 Å². The van der Waals surface area contributed by atoms with Crippen molar-refractivity contribution in [3.8, 4) is 0 Å². The van der Waals surface area contributed by atoms with Crippen LogP contribution in [0.3, 0.4) is 0 Å². The minimum atomic E-state index is -0.635. The molecule has 1 unspecified atom stereocenters. The molecule has 6 heteroatoms. The molecule has 24 heavy (non-hydrogen) atoms. The molecule has 1 aliphatic rings. The monoisotopic (exact) mass is 342 g/mol. The first kappa shape index (κ1) is 20.9. The van der Waals surface area contributed by atoms with Crippen molar-refractivity contribution in [2.75, 3.05) is 19.6 Å². The van der Waals surface area contributed by atoms with Gasteiger partial charge in [0.2, 0.25) is 5.91 Å². The molecule has 1 aliphatic heterocycles. The summed E-state index contributed by atoms with van der Waals surface area (Å²) in [6.07, 6.45) is 1.16. The highest BCUT2D eigenvalue weighted by molar-refractivity contribution is 5.80. The fourth-order valence-corrected chi connectivity index (χ4v) is 2.99. The van der Waals surface area contributed by atoms with E-state index < -0.39 is 11.7 Å². The van der Waals surface area contributed by atoms with Gasteiger partial charge in [0, 0.05) is 19.6 Å². The van der Waals surface area contributed by atoms with Crippen LogP contribution in [0.4, 0.5) is 0 Å². The van der Waals surface area contributed by atoms with Gasteiger partial charge in [-0.2, -0.15) is 0 Å². The second-order valence-electron chi connectivity index (χ2n) is 8.18. The van der Waals surface area contributed by atoms with E-state index in [1.165, 1.54) is 0 Å². The third-order valence-corrected chi connectivity index (χ3v) is 4.07. The second kappa shape index (κ2) is 9.37. The van der Waals surface area contributed by atoms with Crippen molar-refractivity contribution in [2.24, 2.45) is 17.8 Å². The molecule has 0 aromatic rings. The molecule has 0 aromatic carbocycles. The summed E-state index contributed by atoms with van der Waals surface area (Å²) in [5, 5.41) is 16.4. The van der Waals surface area contributed by atoms with E-state index in [1.54, 1.807) is 0 Å². The van der Waals surface area contributed by atoms with Crippen molar-refractivity contribution < 1.29 is 19.4 Å². The third-order valence-electron chi connectivity index (χ3n) is 4.07. The molecule has 0 radical (unpaired) electrons. The lowest BCUT2D eigenvalue weighted by atomic mass is 9.89. The van der Waals surface area contributed by atoms with Crippen LogP contribution in [0.5, 0.6) is 0 Å². The van der Waals surface area contributed by atoms with Crippen LogP contribution in [-0.4, -0.2) is 48.3 Å². The van der Waals surface area contributed by atoms with E-state index >= 15 is 0 Å². The summed E-state index contributed by atoms with van der Waals surface area (Å²) in [5.74, 6) is 0.0101. The number of hydrogen-bond acceptors (Lipinski definition) is 5. The van der Waals surface area contributed by atoms with Crippen LogP contribution in [0.2, 0.25) is 0 Å². The summed E-state index contributed by atoms with van der Waals surface area (Å²) in [6, 6.07) is 0. The van der Waals surface area contributed by atoms with Crippen LogP contribution in [0.25, 0.3) is 0 Å². The highest BCUT2D eigenvalue weighted by Crippen LogP contribution is 2.22. The second-order valence-corrected chi connectivity index (χ2v) is 8.18. The lowest BCUT2D eigenvalue weighted by molar-refractivity contribution is -0.157. The van der Waals surface area contributed by atoms with Crippen molar-refractivity contribution in [1.29, 1.82) is 0 Å². The van der Waals surface area contributed by atoms with E-state index in [2.05, 4.69) is 24.5 Å². The lowest BCUT2D eigenvalue weighted by Crippen LogP contribution is -2.38. The van der Waals surface area contributed by atoms with Crippen molar-refractivity contribution in [3.63, 3.8) is 0 Å². The van der Waals surface area contributed by atoms with E-state index in [-0.39, 0.29) is 30.1 Å². The van der Waals surface area contributed by atoms with Crippen molar-refractivity contribution in [3.05, 3.63) is 0 Å². The molecule has 1 rings (SSSR count). The lowest BCUT2D eigenvalue weighted by Gasteiger charge is -2.26. The minimum absolute atomic E-state index is 0.0217. The topological polar surface area (TPSA) is 87.7 Å². The predicted molar refractivity (Wildman–Crippen MR) is 93.4 cm³/mol. The Morgan fingerprint density at radius 2 is 2.08 bits per heavy atom. The quantitative estimate of drug-likeness (QED) is 0.552. The van der Waals surface area contributed by atoms with Crippen LogP contribution in [0.1, 0.15) is 53.9 Å². The highest BCUT2D eigenvalue weighted by Gasteiger charge is 2.27. The molecule has 140 valence electrons. The number of aliphatic hydroxyl groups is 1. The molecule has 1 amide bonds. The largest absolute Gasteiger partial charge is 0.460 e. The molecule has 0 bridgehead atoms. The van der Waals surface area contributed by atoms with Gasteiger partial charge in [-0.1, -0.05) is 13.8 Å². The zero-order chi connectivity index (χ0) is 18.3. The Hall–Kier alpha value is -1.14. The van der Waals surface area contributed by atoms with Gasteiger partial charge in [-0.15, -0.1) is 0 Å². The van der Waals surface area contributed by atoms with E-state index in [1.807, 2.05) is 20.8 Å². The molecular formula is C18H34N2O4. The van der Waals surface area contributed by atoms with Gasteiger partial charge in [-0.25, -0.2) is 0 Å². The highest BCUT2D eigenvalue weighted by atomic mass is 16.6. The Morgan fingerprint density at radius 3 is 2.58 bits per heavy atom. The maximum absolute atomic E-state index is 12.1. The first-order valence-electron chi connectivity index (χ1n) is 8.97. The smallest absolute Gasteiger partial charge is 0.306 e. The molecule has 3 N–H and O–H groups in total. The summed E-state index contributed by atoms with van der Waals surface area (Å²) in [6.45, 7) is 11.3. The molecule has 1 heterocycles. The van der Waals surface area contributed by atoms with E-state index in [9.17, 15) is 14.7 Å². The molecule has 0 aliphatic carbocycles. The SMILES string of the molecule is CC(C)C[C@H](CC(=O)OC(C)(C)C)C(O)CNC[C@@H]1CCNC1=O. The average molecular weight is 342 g/mol. The molecule has 6 nitrogen and oxygen atoms in total. The Kier molecular flexibility index (Phi) is 8.16. The summed E-state index contributed by atoms with van der Waals surface area (Å²) in [4.78, 5) is 23.6. The number of rotatable bonds is 9. The van der Waals surface area contributed by atoms with Gasteiger partial charge in [0.05, 0.1) is 18.4 Å². The van der Waals surface area contributed by atoms with E-state index in [0.717, 1.165) is 19.4 Å². The number of ether oxygens (including phenoxy) is 1. The summed E-state index contributed by atoms with van der Waals surface area (Å²) >= 11 is 0. The fourth-order valence-electron chi connectivity index (χ4n) is 2.99. The molecular weight excluding hydrogens is 308 g/mol. The standard InChI is InChI=1S/C18H34N2O4/c1-12(2)8-14(9-16(22)24-18(3,4)5)15(21)11-19-10-13-6-7-20-17(13)23/h12-15,19,21H,6-11H2,1-5H3,(H,20,23)/t13-,14+,15?/m0/s1. The van der Waals surface area contributed by atoms with Crippen molar-refractivity contribution in [1.82, 2.24) is 10.6 Å². The number of carbonyl (C=O) groups is 2. The van der Waals surface area contributed by atoms with Gasteiger partial charge in [0.1, 0.15) is 5.60 Å². The number of esters is 1. The van der Waals surface area contributed by atoms with Crippen LogP contribution >= 0.6 is 0 Å². The number of hydrogen-bond donors (Lipinski definition) is 3. The average Bonchev–Trinajstić information content (AvgIpc) is 2.81. The molecule has 1 saturated heterocycles. The Morgan fingerprint density at radius 1 is 1.42 bits per heavy atom. The van der Waals surface area contributed by atoms with Gasteiger partial charge in [-0.05, 0) is 45.4 Å². The van der Waals surface area contributed by atoms with Crippen LogP contribution in [-0.2, 0) is 14.3 Å². The van der Waals surface area contributed by atoms with E-state index in [0.29, 0.717) is 19.0 Å². The molecule has 1 fully saturated rings. The summed E-state index contributed by atoms with van der Waals surface area (Å²) in [7, 11) is 0. The minimum Gasteiger partial charge on any atom is -0.460 e. The zero-order valence-corrected chi connectivity index (χ0v) is 15.7. The first-order valence-corrected chi connectivity index (χ1v) is 8.97. The zero-order valence-electron chi connectivity index (χ0n) is 15.7. The van der Waals surface area contributed by atoms with Crippen LogP contribution in [0.15, 0.2) is 0 Å². The summed E-state index contributed by atoms with van der Waals surface area (Å²) < 4.78 is 5.38. The predicted octanol–water partition coefficient (Wildman–Crippen LogP) is 1.47. The molecule has 0 saturated carbocycles. The van der Waals surface area contributed by atoms with Gasteiger partial charge in [0.25, 0.3) is 0 Å². The van der Waals surface area contributed by atoms with Crippen molar-refractivity contribution in [2.45, 2.75) is 65.6 Å². The molecule has 3 atom stereocenters.